The average Bonchev–Trinajstić information content (AvgIpc) is 3.39. The van der Waals surface area contributed by atoms with E-state index in [1.807, 2.05) is 31.2 Å². The molecule has 37 heavy (non-hydrogen) atoms. The lowest BCUT2D eigenvalue weighted by molar-refractivity contribution is -0.121. The third-order valence-corrected chi connectivity index (χ3v) is 6.82. The fourth-order valence-electron chi connectivity index (χ4n) is 4.74. The van der Waals surface area contributed by atoms with Crippen molar-refractivity contribution in [1.82, 2.24) is 5.32 Å². The van der Waals surface area contributed by atoms with Gasteiger partial charge in [-0.05, 0) is 61.7 Å². The Labute approximate surface area is 215 Å². The number of anilines is 1. The molecule has 0 bridgehead atoms. The summed E-state index contributed by atoms with van der Waals surface area (Å²) < 4.78 is 17.1. The molecule has 1 aromatic heterocycles. The number of ether oxygens (including phenoxy) is 2. The number of carbonyl (C=O) groups is 3. The molecule has 0 radical (unpaired) electrons. The molecule has 2 heterocycles. The molecule has 1 aliphatic heterocycles. The van der Waals surface area contributed by atoms with Crippen LogP contribution in [0.1, 0.15) is 64.3 Å². The van der Waals surface area contributed by atoms with Gasteiger partial charge in [0.15, 0.2) is 24.8 Å². The van der Waals surface area contributed by atoms with Crippen molar-refractivity contribution in [3.63, 3.8) is 0 Å². The quantitative estimate of drug-likeness (QED) is 0.443. The summed E-state index contributed by atoms with van der Waals surface area (Å²) in [5.74, 6) is 1.11. The molecule has 2 amide bonds. The van der Waals surface area contributed by atoms with Crippen LogP contribution in [0.3, 0.4) is 0 Å². The van der Waals surface area contributed by atoms with Crippen LogP contribution in [-0.2, 0) is 11.3 Å². The van der Waals surface area contributed by atoms with E-state index in [2.05, 4.69) is 5.32 Å². The Morgan fingerprint density at radius 1 is 1.05 bits per heavy atom. The van der Waals surface area contributed by atoms with Crippen LogP contribution in [-0.4, -0.2) is 36.9 Å². The molecule has 2 aliphatic rings. The number of amides is 2. The maximum absolute atomic E-state index is 12.9. The van der Waals surface area contributed by atoms with Crippen LogP contribution in [0.25, 0.3) is 0 Å². The molecule has 0 atom stereocenters. The van der Waals surface area contributed by atoms with Gasteiger partial charge in [0.05, 0.1) is 12.2 Å². The van der Waals surface area contributed by atoms with Gasteiger partial charge in [0.1, 0.15) is 17.3 Å². The Morgan fingerprint density at radius 2 is 1.86 bits per heavy atom. The number of hydrogen-bond acceptors (Lipinski definition) is 6. The lowest BCUT2D eigenvalue weighted by Gasteiger charge is -2.29. The number of aryl methyl sites for hydroxylation is 1. The van der Waals surface area contributed by atoms with E-state index in [1.165, 1.54) is 11.3 Å². The van der Waals surface area contributed by atoms with Crippen LogP contribution in [0.4, 0.5) is 5.69 Å². The van der Waals surface area contributed by atoms with Gasteiger partial charge in [0, 0.05) is 11.6 Å². The third kappa shape index (κ3) is 5.69. The average molecular weight is 503 g/mol. The smallest absolute Gasteiger partial charge is 0.287 e. The van der Waals surface area contributed by atoms with Crippen molar-refractivity contribution in [2.45, 2.75) is 51.6 Å². The largest absolute Gasteiger partial charge is 0.485 e. The van der Waals surface area contributed by atoms with Crippen LogP contribution >= 0.6 is 0 Å². The van der Waals surface area contributed by atoms with Crippen molar-refractivity contribution < 1.29 is 28.3 Å². The molecule has 3 aromatic rings. The minimum atomic E-state index is -0.266. The first kappa shape index (κ1) is 24.6. The second kappa shape index (κ2) is 10.9. The lowest BCUT2D eigenvalue weighted by atomic mass is 9.95. The summed E-state index contributed by atoms with van der Waals surface area (Å²) in [5.41, 5.74) is 1.82. The van der Waals surface area contributed by atoms with E-state index < -0.39 is 0 Å². The van der Waals surface area contributed by atoms with Crippen molar-refractivity contribution >= 4 is 23.3 Å². The Balaban J connectivity index is 1.28. The predicted octanol–water partition coefficient (Wildman–Crippen LogP) is 4.84. The standard InChI is InChI=1S/C29H30N2O6/c1-19-7-5-6-10-25(19)35-17-24(32)20-11-13-26-23(15-20)31(28(33)18-36-26)16-22-12-14-27(37-22)29(34)30-21-8-3-2-4-9-21/h5-7,10-15,21H,2-4,8-9,16-18H2,1H3,(H,30,34). The van der Waals surface area contributed by atoms with Crippen molar-refractivity contribution in [1.29, 1.82) is 0 Å². The zero-order chi connectivity index (χ0) is 25.8. The summed E-state index contributed by atoms with van der Waals surface area (Å²) in [6.45, 7) is 1.78. The zero-order valence-corrected chi connectivity index (χ0v) is 20.8. The third-order valence-electron chi connectivity index (χ3n) is 6.82. The number of furan rings is 1. The topological polar surface area (TPSA) is 98.1 Å². The number of para-hydroxylation sites is 1. The minimum absolute atomic E-state index is 0.114. The Hall–Kier alpha value is -4.07. The molecule has 8 nitrogen and oxygen atoms in total. The summed E-state index contributed by atoms with van der Waals surface area (Å²) in [6.07, 6.45) is 5.41. The van der Waals surface area contributed by atoms with Crippen molar-refractivity contribution in [3.05, 3.63) is 77.2 Å². The molecule has 1 saturated carbocycles. The predicted molar refractivity (Wildman–Crippen MR) is 137 cm³/mol. The molecular weight excluding hydrogens is 472 g/mol. The van der Waals surface area contributed by atoms with E-state index in [9.17, 15) is 14.4 Å². The fourth-order valence-corrected chi connectivity index (χ4v) is 4.74. The number of ketones is 1. The van der Waals surface area contributed by atoms with Gasteiger partial charge < -0.3 is 19.2 Å². The van der Waals surface area contributed by atoms with E-state index in [0.29, 0.717) is 28.5 Å². The summed E-state index contributed by atoms with van der Waals surface area (Å²) >= 11 is 0. The Morgan fingerprint density at radius 3 is 2.68 bits per heavy atom. The Bertz CT molecular complexity index is 1310. The molecular formula is C29H30N2O6. The van der Waals surface area contributed by atoms with Gasteiger partial charge in [-0.1, -0.05) is 37.5 Å². The molecule has 1 fully saturated rings. The van der Waals surface area contributed by atoms with Crippen molar-refractivity contribution in [2.24, 2.45) is 0 Å². The highest BCUT2D eigenvalue weighted by atomic mass is 16.5. The van der Waals surface area contributed by atoms with Crippen molar-refractivity contribution in [2.75, 3.05) is 18.1 Å². The molecule has 2 aromatic carbocycles. The first-order valence-electron chi connectivity index (χ1n) is 12.7. The number of fused-ring (bicyclic) bond motifs is 1. The zero-order valence-electron chi connectivity index (χ0n) is 20.8. The molecule has 0 unspecified atom stereocenters. The number of hydrogen-bond donors (Lipinski definition) is 1. The maximum atomic E-state index is 12.9. The maximum Gasteiger partial charge on any atom is 0.287 e. The highest BCUT2D eigenvalue weighted by molar-refractivity contribution is 6.02. The molecule has 0 spiro atoms. The minimum Gasteiger partial charge on any atom is -0.485 e. The number of rotatable bonds is 8. The first-order chi connectivity index (χ1) is 18.0. The van der Waals surface area contributed by atoms with E-state index in [-0.39, 0.29) is 49.2 Å². The van der Waals surface area contributed by atoms with Crippen LogP contribution in [0, 0.1) is 6.92 Å². The summed E-state index contributed by atoms with van der Waals surface area (Å²) in [7, 11) is 0. The molecule has 8 heteroatoms. The Kier molecular flexibility index (Phi) is 7.25. The normalized spacial score (nSPS) is 15.6. The van der Waals surface area contributed by atoms with E-state index in [0.717, 1.165) is 31.2 Å². The molecule has 1 aliphatic carbocycles. The summed E-state index contributed by atoms with van der Waals surface area (Å²) in [6, 6.07) is 16.0. The van der Waals surface area contributed by atoms with Gasteiger partial charge in [-0.25, -0.2) is 0 Å². The van der Waals surface area contributed by atoms with Crippen LogP contribution in [0.15, 0.2) is 59.0 Å². The molecule has 1 N–H and O–H groups in total. The fraction of sp³-hybridized carbons (Fsp3) is 0.345. The van der Waals surface area contributed by atoms with Gasteiger partial charge in [-0.2, -0.15) is 0 Å². The first-order valence-corrected chi connectivity index (χ1v) is 12.7. The van der Waals surface area contributed by atoms with Crippen LogP contribution < -0.4 is 19.7 Å². The number of nitrogens with one attached hydrogen (secondary N) is 1. The molecule has 192 valence electrons. The summed E-state index contributed by atoms with van der Waals surface area (Å²) in [4.78, 5) is 39.8. The van der Waals surface area contributed by atoms with Crippen LogP contribution in [0.2, 0.25) is 0 Å². The van der Waals surface area contributed by atoms with Gasteiger partial charge in [0.25, 0.3) is 11.8 Å². The van der Waals surface area contributed by atoms with Gasteiger partial charge in [-0.3, -0.25) is 19.3 Å². The number of carbonyl (C=O) groups excluding carboxylic acids is 3. The monoisotopic (exact) mass is 502 g/mol. The van der Waals surface area contributed by atoms with Gasteiger partial charge >= 0.3 is 0 Å². The SMILES string of the molecule is Cc1ccccc1OCC(=O)c1ccc2c(c1)N(Cc1ccc(C(=O)NC3CCCCC3)o1)C(=O)CO2. The van der Waals surface area contributed by atoms with E-state index in [4.69, 9.17) is 13.9 Å². The number of nitrogens with zero attached hydrogens (tertiary/aromatic N) is 1. The van der Waals surface area contributed by atoms with Gasteiger partial charge in [0.2, 0.25) is 0 Å². The molecule has 5 rings (SSSR count). The number of Topliss-reactive ketones (excluding diaryl/α,β-unsaturated/α-hetero) is 1. The second-order valence-electron chi connectivity index (χ2n) is 9.50. The summed E-state index contributed by atoms with van der Waals surface area (Å²) in [5, 5.41) is 3.04. The molecule has 0 saturated heterocycles. The van der Waals surface area contributed by atoms with E-state index >= 15 is 0 Å². The highest BCUT2D eigenvalue weighted by Crippen LogP contribution is 2.34. The lowest BCUT2D eigenvalue weighted by Crippen LogP contribution is -2.38. The van der Waals surface area contributed by atoms with Crippen molar-refractivity contribution in [3.8, 4) is 11.5 Å². The van der Waals surface area contributed by atoms with E-state index in [1.54, 1.807) is 30.3 Å². The van der Waals surface area contributed by atoms with Crippen LogP contribution in [0.5, 0.6) is 11.5 Å². The number of benzene rings is 2. The highest BCUT2D eigenvalue weighted by Gasteiger charge is 2.28. The second-order valence-corrected chi connectivity index (χ2v) is 9.50. The van der Waals surface area contributed by atoms with Gasteiger partial charge in [-0.15, -0.1) is 0 Å².